The van der Waals surface area contributed by atoms with Crippen LogP contribution in [0, 0.1) is 0 Å². The second kappa shape index (κ2) is 5.27. The zero-order valence-electron chi connectivity index (χ0n) is 12.7. The number of anilines is 1. The van der Waals surface area contributed by atoms with E-state index in [0.29, 0.717) is 12.0 Å². The van der Waals surface area contributed by atoms with Crippen LogP contribution in [-0.4, -0.2) is 44.7 Å². The molecule has 0 aromatic heterocycles. The summed E-state index contributed by atoms with van der Waals surface area (Å²) >= 11 is 0. The monoisotopic (exact) mass is 288 g/mol. The minimum absolute atomic E-state index is 0.376. The third kappa shape index (κ3) is 2.45. The largest absolute Gasteiger partial charge is 0.370 e. The molecule has 0 amide bonds. The Morgan fingerprint density at radius 3 is 2.95 bits per heavy atom. The first-order valence-corrected chi connectivity index (χ1v) is 8.10. The molecule has 0 radical (unpaired) electrons. The first kappa shape index (κ1) is 13.6. The number of hydrogen-bond acceptors (Lipinski definition) is 4. The Morgan fingerprint density at radius 1 is 1.29 bits per heavy atom. The van der Waals surface area contributed by atoms with E-state index in [1.807, 2.05) is 6.92 Å². The average molecular weight is 288 g/mol. The number of nitrogens with zero attached hydrogens (tertiary/aromatic N) is 1. The van der Waals surface area contributed by atoms with Crippen LogP contribution in [0.25, 0.3) is 0 Å². The standard InChI is InChI=1S/C17H24N2O2/c1-17(20-10-11-21-17)7-8-18-15-12-19-9-6-13(15)14-4-2-3-5-16(14)19/h2-5,13,15,18H,6-12H2,1H3. The van der Waals surface area contributed by atoms with Crippen LogP contribution in [0.15, 0.2) is 24.3 Å². The normalized spacial score (nSPS) is 29.7. The average Bonchev–Trinajstić information content (AvgIpc) is 2.95. The third-order valence-corrected chi connectivity index (χ3v) is 5.17. The van der Waals surface area contributed by atoms with Crippen molar-refractivity contribution in [3.63, 3.8) is 0 Å². The Labute approximate surface area is 126 Å². The van der Waals surface area contributed by atoms with Gasteiger partial charge in [-0.3, -0.25) is 0 Å². The molecule has 2 fully saturated rings. The number of hydrogen-bond donors (Lipinski definition) is 1. The number of benzene rings is 1. The van der Waals surface area contributed by atoms with Crippen LogP contribution in [0.3, 0.4) is 0 Å². The van der Waals surface area contributed by atoms with Gasteiger partial charge in [0.25, 0.3) is 0 Å². The Morgan fingerprint density at radius 2 is 2.10 bits per heavy atom. The van der Waals surface area contributed by atoms with Crippen LogP contribution in [0.4, 0.5) is 5.69 Å². The van der Waals surface area contributed by atoms with Gasteiger partial charge in [0.05, 0.1) is 13.2 Å². The lowest BCUT2D eigenvalue weighted by atomic mass is 9.79. The topological polar surface area (TPSA) is 33.7 Å². The van der Waals surface area contributed by atoms with Crippen molar-refractivity contribution >= 4 is 5.69 Å². The highest BCUT2D eigenvalue weighted by molar-refractivity contribution is 5.60. The fraction of sp³-hybridized carbons (Fsp3) is 0.647. The molecule has 114 valence electrons. The molecule has 0 spiro atoms. The molecule has 2 unspecified atom stereocenters. The first-order valence-electron chi connectivity index (χ1n) is 8.10. The SMILES string of the molecule is CC1(CCNC2CN3CCC2c2ccccc23)OCCO1. The van der Waals surface area contributed by atoms with Gasteiger partial charge in [0.15, 0.2) is 5.79 Å². The van der Waals surface area contributed by atoms with Crippen LogP contribution >= 0.6 is 0 Å². The van der Waals surface area contributed by atoms with Gasteiger partial charge in [-0.05, 0) is 25.0 Å². The van der Waals surface area contributed by atoms with E-state index >= 15 is 0 Å². The Kier molecular flexibility index (Phi) is 3.40. The molecule has 1 N–H and O–H groups in total. The van der Waals surface area contributed by atoms with Crippen LogP contribution in [0.5, 0.6) is 0 Å². The summed E-state index contributed by atoms with van der Waals surface area (Å²) in [7, 11) is 0. The molecule has 2 saturated heterocycles. The van der Waals surface area contributed by atoms with Crippen molar-refractivity contribution in [1.82, 2.24) is 5.32 Å². The molecule has 0 aliphatic carbocycles. The van der Waals surface area contributed by atoms with Gasteiger partial charge in [-0.25, -0.2) is 0 Å². The molecule has 4 heteroatoms. The Hall–Kier alpha value is -1.10. The minimum Gasteiger partial charge on any atom is -0.370 e. The summed E-state index contributed by atoms with van der Waals surface area (Å²) < 4.78 is 11.4. The van der Waals surface area contributed by atoms with Crippen LogP contribution in [0.2, 0.25) is 0 Å². The number of nitrogens with one attached hydrogen (secondary N) is 1. The summed E-state index contributed by atoms with van der Waals surface area (Å²) in [6.07, 6.45) is 2.18. The quantitative estimate of drug-likeness (QED) is 0.920. The predicted molar refractivity (Wildman–Crippen MR) is 82.7 cm³/mol. The number of para-hydroxylation sites is 1. The Bertz CT molecular complexity index is 513. The molecule has 5 rings (SSSR count). The maximum Gasteiger partial charge on any atom is 0.166 e. The maximum absolute atomic E-state index is 5.68. The van der Waals surface area contributed by atoms with Gasteiger partial charge in [-0.1, -0.05) is 18.2 Å². The van der Waals surface area contributed by atoms with E-state index in [1.165, 1.54) is 24.2 Å². The molecule has 0 saturated carbocycles. The van der Waals surface area contributed by atoms with Gasteiger partial charge < -0.3 is 19.7 Å². The van der Waals surface area contributed by atoms with Crippen LogP contribution < -0.4 is 10.2 Å². The van der Waals surface area contributed by atoms with Crippen molar-refractivity contribution in [2.45, 2.75) is 37.5 Å². The summed E-state index contributed by atoms with van der Waals surface area (Å²) in [5.74, 6) is 0.281. The maximum atomic E-state index is 5.68. The number of ether oxygens (including phenoxy) is 2. The molecular formula is C17H24N2O2. The van der Waals surface area contributed by atoms with Crippen molar-refractivity contribution in [3.8, 4) is 0 Å². The highest BCUT2D eigenvalue weighted by Gasteiger charge is 2.38. The summed E-state index contributed by atoms with van der Waals surface area (Å²) in [6, 6.07) is 9.43. The molecule has 21 heavy (non-hydrogen) atoms. The highest BCUT2D eigenvalue weighted by atomic mass is 16.7. The van der Waals surface area contributed by atoms with Crippen molar-refractivity contribution in [3.05, 3.63) is 29.8 Å². The van der Waals surface area contributed by atoms with E-state index in [4.69, 9.17) is 9.47 Å². The molecule has 1 aromatic rings. The van der Waals surface area contributed by atoms with Gasteiger partial charge in [0.1, 0.15) is 0 Å². The van der Waals surface area contributed by atoms with Crippen LogP contribution in [0.1, 0.15) is 31.2 Å². The summed E-state index contributed by atoms with van der Waals surface area (Å²) in [4.78, 5) is 2.53. The highest BCUT2D eigenvalue weighted by Crippen LogP contribution is 2.42. The molecule has 4 nitrogen and oxygen atoms in total. The van der Waals surface area contributed by atoms with Crippen molar-refractivity contribution < 1.29 is 9.47 Å². The van der Waals surface area contributed by atoms with Crippen molar-refractivity contribution in [1.29, 1.82) is 0 Å². The lowest BCUT2D eigenvalue weighted by Gasteiger charge is -2.47. The zero-order chi connectivity index (χ0) is 14.3. The zero-order valence-corrected chi connectivity index (χ0v) is 12.7. The lowest BCUT2D eigenvalue weighted by molar-refractivity contribution is -0.145. The van der Waals surface area contributed by atoms with Crippen molar-refractivity contribution in [2.75, 3.05) is 37.7 Å². The predicted octanol–water partition coefficient (Wildman–Crippen LogP) is 2.11. The fourth-order valence-corrected chi connectivity index (χ4v) is 4.02. The molecule has 2 atom stereocenters. The number of rotatable bonds is 4. The van der Waals surface area contributed by atoms with E-state index in [-0.39, 0.29) is 5.79 Å². The van der Waals surface area contributed by atoms with Gasteiger partial charge >= 0.3 is 0 Å². The minimum atomic E-state index is -0.376. The third-order valence-electron chi connectivity index (χ3n) is 5.17. The molecule has 2 bridgehead atoms. The molecular weight excluding hydrogens is 264 g/mol. The van der Waals surface area contributed by atoms with Crippen molar-refractivity contribution in [2.24, 2.45) is 0 Å². The van der Waals surface area contributed by atoms with Crippen LogP contribution in [-0.2, 0) is 9.47 Å². The smallest absolute Gasteiger partial charge is 0.166 e. The Balaban J connectivity index is 1.39. The molecule has 4 aliphatic rings. The fourth-order valence-electron chi connectivity index (χ4n) is 4.02. The van der Waals surface area contributed by atoms with E-state index in [9.17, 15) is 0 Å². The lowest BCUT2D eigenvalue weighted by Crippen LogP contribution is -2.54. The second-order valence-corrected chi connectivity index (χ2v) is 6.54. The summed E-state index contributed by atoms with van der Waals surface area (Å²) in [5.41, 5.74) is 2.97. The number of piperidine rings is 1. The van der Waals surface area contributed by atoms with E-state index in [2.05, 4.69) is 34.5 Å². The summed E-state index contributed by atoms with van der Waals surface area (Å²) in [5, 5.41) is 3.74. The first-order chi connectivity index (χ1) is 10.3. The molecule has 4 heterocycles. The van der Waals surface area contributed by atoms with Gasteiger partial charge in [-0.15, -0.1) is 0 Å². The van der Waals surface area contributed by atoms with Gasteiger partial charge in [0.2, 0.25) is 0 Å². The van der Waals surface area contributed by atoms with Gasteiger partial charge in [0, 0.05) is 43.7 Å². The second-order valence-electron chi connectivity index (χ2n) is 6.54. The van der Waals surface area contributed by atoms with E-state index in [1.54, 1.807) is 0 Å². The molecule has 4 aliphatic heterocycles. The van der Waals surface area contributed by atoms with E-state index in [0.717, 1.165) is 32.7 Å². The summed E-state index contributed by atoms with van der Waals surface area (Å²) in [6.45, 7) is 6.78. The molecule has 1 aromatic carbocycles. The van der Waals surface area contributed by atoms with Gasteiger partial charge in [-0.2, -0.15) is 0 Å². The van der Waals surface area contributed by atoms with E-state index < -0.39 is 0 Å². The number of fused-ring (bicyclic) bond motifs is 2.